The molecule has 1 amide bonds. The molecule has 2 heterocycles. The van der Waals surface area contributed by atoms with Crippen LogP contribution in [0.4, 0.5) is 17.5 Å². The topological polar surface area (TPSA) is 93.9 Å². The summed E-state index contributed by atoms with van der Waals surface area (Å²) in [6, 6.07) is 10.1. The standard InChI is InChI=1S/C22H28N6O/c1-4-6-18-12-21(28-10-5-7-20(14-28)24-16(3)29)27-22(25-18)26-19-9-8-15(2)17(11-19)13-23/h8-9,11-12,20H,4-7,10,14H2,1-3H3,(H,24,29)(H,25,26,27). The Balaban J connectivity index is 1.86. The summed E-state index contributed by atoms with van der Waals surface area (Å²) in [5.41, 5.74) is 3.35. The predicted octanol–water partition coefficient (Wildman–Crippen LogP) is 3.46. The van der Waals surface area contributed by atoms with Gasteiger partial charge in [0.2, 0.25) is 11.9 Å². The van der Waals surface area contributed by atoms with Crippen LogP contribution in [0, 0.1) is 18.3 Å². The van der Waals surface area contributed by atoms with Crippen molar-refractivity contribution in [3.63, 3.8) is 0 Å². The fraction of sp³-hybridized carbons (Fsp3) is 0.455. The van der Waals surface area contributed by atoms with Crippen LogP contribution >= 0.6 is 0 Å². The molecule has 0 spiro atoms. The number of anilines is 3. The van der Waals surface area contributed by atoms with Gasteiger partial charge in [-0.25, -0.2) is 4.98 Å². The number of rotatable bonds is 6. The van der Waals surface area contributed by atoms with Crippen molar-refractivity contribution in [1.29, 1.82) is 5.26 Å². The molecule has 0 saturated carbocycles. The number of nitrogens with one attached hydrogen (secondary N) is 2. The average Bonchev–Trinajstić information content (AvgIpc) is 2.69. The van der Waals surface area contributed by atoms with Crippen LogP contribution in [0.25, 0.3) is 0 Å². The van der Waals surface area contributed by atoms with Gasteiger partial charge in [-0.2, -0.15) is 10.2 Å². The fourth-order valence-corrected chi connectivity index (χ4v) is 3.63. The lowest BCUT2D eigenvalue weighted by atomic mass is 10.1. The Bertz CT molecular complexity index is 920. The number of carbonyl (C=O) groups is 1. The molecule has 7 nitrogen and oxygen atoms in total. The van der Waals surface area contributed by atoms with Crippen molar-refractivity contribution in [2.75, 3.05) is 23.3 Å². The number of amides is 1. The van der Waals surface area contributed by atoms with Crippen LogP contribution in [-0.2, 0) is 11.2 Å². The number of nitrogens with zero attached hydrogens (tertiary/aromatic N) is 4. The summed E-state index contributed by atoms with van der Waals surface area (Å²) >= 11 is 0. The SMILES string of the molecule is CCCc1cc(N2CCCC(NC(C)=O)C2)nc(Nc2ccc(C)c(C#N)c2)n1. The van der Waals surface area contributed by atoms with Gasteiger partial charge in [0.05, 0.1) is 11.6 Å². The van der Waals surface area contributed by atoms with Gasteiger partial charge in [-0.3, -0.25) is 4.79 Å². The van der Waals surface area contributed by atoms with Crippen LogP contribution in [0.3, 0.4) is 0 Å². The van der Waals surface area contributed by atoms with Crippen LogP contribution < -0.4 is 15.5 Å². The second-order valence-corrected chi connectivity index (χ2v) is 7.54. The lowest BCUT2D eigenvalue weighted by Crippen LogP contribution is -2.47. The molecule has 0 bridgehead atoms. The van der Waals surface area contributed by atoms with Crippen molar-refractivity contribution in [3.8, 4) is 6.07 Å². The van der Waals surface area contributed by atoms with Gasteiger partial charge in [0.15, 0.2) is 0 Å². The molecular weight excluding hydrogens is 364 g/mol. The van der Waals surface area contributed by atoms with Crippen LogP contribution in [0.2, 0.25) is 0 Å². The highest BCUT2D eigenvalue weighted by Crippen LogP contribution is 2.23. The molecule has 1 aliphatic heterocycles. The number of piperidine rings is 1. The molecule has 1 atom stereocenters. The second-order valence-electron chi connectivity index (χ2n) is 7.54. The monoisotopic (exact) mass is 392 g/mol. The molecule has 2 aromatic rings. The van der Waals surface area contributed by atoms with E-state index in [-0.39, 0.29) is 11.9 Å². The molecular formula is C22H28N6O. The number of hydrogen-bond acceptors (Lipinski definition) is 6. The molecule has 3 rings (SSSR count). The molecule has 29 heavy (non-hydrogen) atoms. The smallest absolute Gasteiger partial charge is 0.229 e. The van der Waals surface area contributed by atoms with Gasteiger partial charge in [0, 0.05) is 43.5 Å². The number of aromatic nitrogens is 2. The maximum absolute atomic E-state index is 11.4. The quantitative estimate of drug-likeness (QED) is 0.782. The van der Waals surface area contributed by atoms with E-state index in [4.69, 9.17) is 4.98 Å². The molecule has 0 radical (unpaired) electrons. The first-order chi connectivity index (χ1) is 14.0. The molecule has 152 valence electrons. The average molecular weight is 393 g/mol. The Kier molecular flexibility index (Phi) is 6.65. The lowest BCUT2D eigenvalue weighted by Gasteiger charge is -2.34. The van der Waals surface area contributed by atoms with Crippen LogP contribution in [0.15, 0.2) is 24.3 Å². The summed E-state index contributed by atoms with van der Waals surface area (Å²) in [6.45, 7) is 7.25. The summed E-state index contributed by atoms with van der Waals surface area (Å²) in [5.74, 6) is 1.40. The molecule has 2 N–H and O–H groups in total. The minimum atomic E-state index is 0.00114. The number of aryl methyl sites for hydroxylation is 2. The van der Waals surface area contributed by atoms with E-state index in [0.29, 0.717) is 11.5 Å². The van der Waals surface area contributed by atoms with Crippen molar-refractivity contribution < 1.29 is 4.79 Å². The van der Waals surface area contributed by atoms with E-state index in [1.165, 1.54) is 0 Å². The van der Waals surface area contributed by atoms with E-state index in [1.54, 1.807) is 6.92 Å². The van der Waals surface area contributed by atoms with Gasteiger partial charge < -0.3 is 15.5 Å². The van der Waals surface area contributed by atoms with Gasteiger partial charge >= 0.3 is 0 Å². The summed E-state index contributed by atoms with van der Waals surface area (Å²) in [5, 5.41) is 15.6. The Hall–Kier alpha value is -3.14. The van der Waals surface area contributed by atoms with Gasteiger partial charge in [0.25, 0.3) is 0 Å². The fourth-order valence-electron chi connectivity index (χ4n) is 3.63. The van der Waals surface area contributed by atoms with Crippen molar-refractivity contribution in [2.45, 2.75) is 52.5 Å². The zero-order valence-electron chi connectivity index (χ0n) is 17.3. The van der Waals surface area contributed by atoms with Crippen molar-refractivity contribution >= 4 is 23.4 Å². The second kappa shape index (κ2) is 9.37. The maximum atomic E-state index is 11.4. The number of hydrogen-bond donors (Lipinski definition) is 2. The maximum Gasteiger partial charge on any atom is 0.229 e. The zero-order chi connectivity index (χ0) is 20.8. The molecule has 1 fully saturated rings. The van der Waals surface area contributed by atoms with Crippen LogP contribution in [0.5, 0.6) is 0 Å². The highest BCUT2D eigenvalue weighted by atomic mass is 16.1. The highest BCUT2D eigenvalue weighted by molar-refractivity contribution is 5.73. The molecule has 1 aromatic heterocycles. The van der Waals surface area contributed by atoms with E-state index < -0.39 is 0 Å². The lowest BCUT2D eigenvalue weighted by molar-refractivity contribution is -0.119. The van der Waals surface area contributed by atoms with Crippen molar-refractivity contribution in [1.82, 2.24) is 15.3 Å². The number of nitriles is 1. The third-order valence-electron chi connectivity index (χ3n) is 5.04. The van der Waals surface area contributed by atoms with E-state index in [0.717, 1.165) is 61.5 Å². The van der Waals surface area contributed by atoms with Crippen LogP contribution in [0.1, 0.15) is 49.9 Å². The van der Waals surface area contributed by atoms with Crippen molar-refractivity contribution in [2.24, 2.45) is 0 Å². The molecule has 1 aromatic carbocycles. The third kappa shape index (κ3) is 5.44. The molecule has 0 aliphatic carbocycles. The molecule has 1 unspecified atom stereocenters. The van der Waals surface area contributed by atoms with Gasteiger partial charge in [-0.05, 0) is 43.9 Å². The van der Waals surface area contributed by atoms with Gasteiger partial charge in [-0.1, -0.05) is 19.4 Å². The summed E-state index contributed by atoms with van der Waals surface area (Å²) < 4.78 is 0. The molecule has 7 heteroatoms. The van der Waals surface area contributed by atoms with Crippen LogP contribution in [-0.4, -0.2) is 35.0 Å². The summed E-state index contributed by atoms with van der Waals surface area (Å²) in [7, 11) is 0. The van der Waals surface area contributed by atoms with E-state index in [9.17, 15) is 10.1 Å². The Morgan fingerprint density at radius 1 is 1.34 bits per heavy atom. The Morgan fingerprint density at radius 3 is 2.90 bits per heavy atom. The Labute approximate surface area is 172 Å². The first-order valence-electron chi connectivity index (χ1n) is 10.2. The summed E-state index contributed by atoms with van der Waals surface area (Å²) in [4.78, 5) is 23.0. The Morgan fingerprint density at radius 2 is 2.17 bits per heavy atom. The third-order valence-corrected chi connectivity index (χ3v) is 5.04. The first-order valence-corrected chi connectivity index (χ1v) is 10.2. The molecule has 1 aliphatic rings. The summed E-state index contributed by atoms with van der Waals surface area (Å²) in [6.07, 6.45) is 3.84. The van der Waals surface area contributed by atoms with Gasteiger partial charge in [0.1, 0.15) is 5.82 Å². The predicted molar refractivity (Wildman–Crippen MR) is 114 cm³/mol. The molecule has 1 saturated heterocycles. The van der Waals surface area contributed by atoms with Crippen molar-refractivity contribution in [3.05, 3.63) is 41.1 Å². The van der Waals surface area contributed by atoms with Gasteiger partial charge in [-0.15, -0.1) is 0 Å². The van der Waals surface area contributed by atoms with E-state index in [2.05, 4.69) is 33.5 Å². The first kappa shape index (κ1) is 20.6. The minimum absolute atomic E-state index is 0.00114. The number of benzene rings is 1. The normalized spacial score (nSPS) is 16.2. The zero-order valence-corrected chi connectivity index (χ0v) is 17.3. The largest absolute Gasteiger partial charge is 0.354 e. The number of carbonyl (C=O) groups excluding carboxylic acids is 1. The van der Waals surface area contributed by atoms with E-state index >= 15 is 0 Å². The minimum Gasteiger partial charge on any atom is -0.354 e. The van der Waals surface area contributed by atoms with E-state index in [1.807, 2.05) is 31.2 Å². The highest BCUT2D eigenvalue weighted by Gasteiger charge is 2.22.